The maximum Gasteiger partial charge on any atom is 0.483 e. The van der Waals surface area contributed by atoms with Gasteiger partial charge in [0.1, 0.15) is 0 Å². The van der Waals surface area contributed by atoms with Crippen molar-refractivity contribution >= 4 is 25.7 Å². The summed E-state index contributed by atoms with van der Waals surface area (Å²) in [5.74, 6) is -1.94. The molecule has 218 valence electrons. The number of allylic oxidation sites excluding steroid dienone is 3. The highest BCUT2D eigenvalue weighted by Gasteiger charge is 2.30. The number of hydrogen-bond acceptors (Lipinski definition) is 10. The molecule has 0 bridgehead atoms. The van der Waals surface area contributed by atoms with Gasteiger partial charge in [-0.2, -0.15) is 0 Å². The van der Waals surface area contributed by atoms with Crippen LogP contribution in [0.3, 0.4) is 0 Å². The van der Waals surface area contributed by atoms with Crippen molar-refractivity contribution in [3.63, 3.8) is 0 Å². The fourth-order valence-corrected chi connectivity index (χ4v) is 4.41. The van der Waals surface area contributed by atoms with Gasteiger partial charge in [0, 0.05) is 16.7 Å². The molecule has 0 amide bonds. The second-order valence-corrected chi connectivity index (χ2v) is 9.96. The van der Waals surface area contributed by atoms with E-state index in [9.17, 15) is 18.9 Å². The second kappa shape index (κ2) is 18.9. The van der Waals surface area contributed by atoms with Crippen molar-refractivity contribution in [3.8, 4) is 0 Å². The molecule has 0 heterocycles. The first-order valence-corrected chi connectivity index (χ1v) is 14.5. The predicted molar refractivity (Wildman–Crippen MR) is 144 cm³/mol. The molecule has 10 nitrogen and oxygen atoms in total. The van der Waals surface area contributed by atoms with Crippen LogP contribution in [0.4, 0.5) is 0 Å². The number of phosphoric ester groups is 1. The summed E-state index contributed by atoms with van der Waals surface area (Å²) in [6, 6.07) is 0. The Hall–Kier alpha value is -2.26. The number of rotatable bonds is 18. The number of esters is 3. The van der Waals surface area contributed by atoms with E-state index in [1.54, 1.807) is 20.8 Å². The maximum atomic E-state index is 13.1. The van der Waals surface area contributed by atoms with Gasteiger partial charge in [-0.1, -0.05) is 58.3 Å². The Bertz CT molecular complexity index is 809. The topological polar surface area (TPSA) is 124 Å². The molecule has 0 saturated carbocycles. The second-order valence-electron chi connectivity index (χ2n) is 8.29. The molecule has 0 fully saturated rings. The summed E-state index contributed by atoms with van der Waals surface area (Å²) in [4.78, 5) is 36.9. The predicted octanol–water partition coefficient (Wildman–Crippen LogP) is 7.06. The van der Waals surface area contributed by atoms with Crippen molar-refractivity contribution in [1.29, 1.82) is 0 Å². The molecular weight excluding hydrogens is 515 g/mol. The summed E-state index contributed by atoms with van der Waals surface area (Å²) in [5, 5.41) is 0. The molecule has 0 unspecified atom stereocenters. The fraction of sp³-hybridized carbons (Fsp3) is 0.667. The lowest BCUT2D eigenvalue weighted by molar-refractivity contribution is -0.151. The van der Waals surface area contributed by atoms with Crippen molar-refractivity contribution in [1.82, 2.24) is 0 Å². The minimum Gasteiger partial charge on any atom is -0.435 e. The minimum atomic E-state index is -4.47. The van der Waals surface area contributed by atoms with Gasteiger partial charge in [0.25, 0.3) is 0 Å². The highest BCUT2D eigenvalue weighted by Crippen LogP contribution is 2.49. The van der Waals surface area contributed by atoms with Crippen molar-refractivity contribution in [2.24, 2.45) is 0 Å². The highest BCUT2D eigenvalue weighted by atomic mass is 31.2. The van der Waals surface area contributed by atoms with E-state index in [0.717, 1.165) is 16.7 Å². The van der Waals surface area contributed by atoms with Crippen LogP contribution >= 0.6 is 7.82 Å². The molecule has 0 N–H and O–H groups in total. The zero-order valence-corrected chi connectivity index (χ0v) is 25.3. The molecule has 0 aliphatic rings. The number of ether oxygens (including phenoxy) is 3. The van der Waals surface area contributed by atoms with Crippen LogP contribution in [0, 0.1) is 0 Å². The van der Waals surface area contributed by atoms with Crippen LogP contribution in [0.25, 0.3) is 0 Å². The molecule has 0 spiro atoms. The maximum absolute atomic E-state index is 13.1. The average Bonchev–Trinajstić information content (AvgIpc) is 2.90. The molecule has 0 atom stereocenters. The Kier molecular flexibility index (Phi) is 17.8. The Labute approximate surface area is 227 Å². The van der Waals surface area contributed by atoms with Crippen LogP contribution in [0.2, 0.25) is 0 Å². The third-order valence-corrected chi connectivity index (χ3v) is 7.54. The van der Waals surface area contributed by atoms with E-state index in [-0.39, 0.29) is 0 Å². The first-order valence-electron chi connectivity index (χ1n) is 13.1. The summed E-state index contributed by atoms with van der Waals surface area (Å²) in [7, 11) is -4.47. The van der Waals surface area contributed by atoms with E-state index in [2.05, 4.69) is 0 Å². The first-order chi connectivity index (χ1) is 17.9. The van der Waals surface area contributed by atoms with Crippen LogP contribution < -0.4 is 0 Å². The molecule has 0 aromatic heterocycles. The zero-order valence-electron chi connectivity index (χ0n) is 24.4. The zero-order chi connectivity index (χ0) is 29.3. The van der Waals surface area contributed by atoms with Gasteiger partial charge >= 0.3 is 25.7 Å². The Balaban J connectivity index is 5.40. The van der Waals surface area contributed by atoms with Gasteiger partial charge in [-0.25, -0.2) is 32.5 Å². The lowest BCUT2D eigenvalue weighted by Crippen LogP contribution is -2.16. The molecule has 0 radical (unpaired) electrons. The Morgan fingerprint density at radius 2 is 0.684 bits per heavy atom. The van der Waals surface area contributed by atoms with E-state index in [1.807, 2.05) is 41.5 Å². The summed E-state index contributed by atoms with van der Waals surface area (Å²) < 4.78 is 43.6. The monoisotopic (exact) mass is 560 g/mol. The Morgan fingerprint density at radius 3 is 0.868 bits per heavy atom. The highest BCUT2D eigenvalue weighted by molar-refractivity contribution is 7.48. The van der Waals surface area contributed by atoms with Crippen LogP contribution in [0.5, 0.6) is 0 Å². The van der Waals surface area contributed by atoms with Crippen LogP contribution in [-0.4, -0.2) is 38.3 Å². The van der Waals surface area contributed by atoms with Gasteiger partial charge in [0.05, 0.1) is 0 Å². The average molecular weight is 561 g/mol. The molecule has 0 saturated heterocycles. The SMILES string of the molecule is CCC(CC)=C(C)C(=O)OCOP(=O)(OCOC(=O)C(C)=C(CC)CC)OCOC(=O)C(C)=C(CC)CC. The van der Waals surface area contributed by atoms with Gasteiger partial charge < -0.3 is 14.2 Å². The number of carbonyl (C=O) groups excluding carboxylic acids is 3. The van der Waals surface area contributed by atoms with Gasteiger partial charge in [-0.3, -0.25) is 0 Å². The van der Waals surface area contributed by atoms with E-state index >= 15 is 0 Å². The van der Waals surface area contributed by atoms with Gasteiger partial charge in [0.2, 0.25) is 20.4 Å². The third-order valence-electron chi connectivity index (χ3n) is 6.27. The summed E-state index contributed by atoms with van der Waals surface area (Å²) >= 11 is 0. The largest absolute Gasteiger partial charge is 0.483 e. The number of hydrogen-bond donors (Lipinski definition) is 0. The molecule has 0 aromatic carbocycles. The van der Waals surface area contributed by atoms with Gasteiger partial charge in [-0.05, 0) is 59.3 Å². The minimum absolute atomic E-state index is 0.424. The van der Waals surface area contributed by atoms with E-state index in [4.69, 9.17) is 27.8 Å². The smallest absolute Gasteiger partial charge is 0.435 e. The lowest BCUT2D eigenvalue weighted by Gasteiger charge is -2.18. The molecule has 0 aliphatic heterocycles. The summed E-state index contributed by atoms with van der Waals surface area (Å²) in [6.07, 6.45) is 4.07. The van der Waals surface area contributed by atoms with Crippen molar-refractivity contribution in [2.45, 2.75) is 101 Å². The molecule has 0 aromatic rings. The lowest BCUT2D eigenvalue weighted by atomic mass is 10.1. The first kappa shape index (κ1) is 35.7. The van der Waals surface area contributed by atoms with Gasteiger partial charge in [-0.15, -0.1) is 0 Å². The van der Waals surface area contributed by atoms with Crippen LogP contribution in [0.15, 0.2) is 33.4 Å². The molecule has 0 aliphatic carbocycles. The number of carbonyl (C=O) groups is 3. The van der Waals surface area contributed by atoms with Gasteiger partial charge in [0.15, 0.2) is 0 Å². The number of phosphoric acid groups is 1. The molecule has 11 heteroatoms. The van der Waals surface area contributed by atoms with Crippen molar-refractivity contribution in [3.05, 3.63) is 33.4 Å². The summed E-state index contributed by atoms with van der Waals surface area (Å²) in [6.45, 7) is 14.1. The van der Waals surface area contributed by atoms with Crippen molar-refractivity contribution < 1.29 is 46.7 Å². The van der Waals surface area contributed by atoms with Crippen molar-refractivity contribution in [2.75, 3.05) is 20.4 Å². The van der Waals surface area contributed by atoms with Crippen LogP contribution in [0.1, 0.15) is 101 Å². The quantitative estimate of drug-likeness (QED) is 0.0566. The third kappa shape index (κ3) is 12.1. The van der Waals surface area contributed by atoms with Crippen LogP contribution in [-0.2, 0) is 46.7 Å². The molecular formula is C27H45O10P. The fourth-order valence-electron chi connectivity index (χ4n) is 3.64. The molecule has 0 rings (SSSR count). The van der Waals surface area contributed by atoms with E-state index < -0.39 is 46.1 Å². The van der Waals surface area contributed by atoms with E-state index in [0.29, 0.717) is 55.2 Å². The molecule has 38 heavy (non-hydrogen) atoms. The Morgan fingerprint density at radius 1 is 0.474 bits per heavy atom. The van der Waals surface area contributed by atoms with E-state index in [1.165, 1.54) is 0 Å². The summed E-state index contributed by atoms with van der Waals surface area (Å²) in [5.41, 5.74) is 4.00. The normalized spacial score (nSPS) is 10.9. The standard InChI is InChI=1S/C27H45O10P/c1-10-22(11-2)19(7)25(28)32-16-35-38(31,36-17-33-26(29)20(8)23(12-3)13-4)37-18-34-27(30)21(9)24(14-5)15-6/h10-18H2,1-9H3.